The predicted molar refractivity (Wildman–Crippen MR) is 79.0 cm³/mol. The SMILES string of the molecule is Cc1ccc(C(C)C)cc1.[CH3-].[Cl][Os].[NH-]CCC(=O)O. The summed E-state index contributed by atoms with van der Waals surface area (Å²) in [5.41, 5.74) is 9.11. The van der Waals surface area contributed by atoms with Crippen LogP contribution in [0.4, 0.5) is 0 Å². The predicted octanol–water partition coefficient (Wildman–Crippen LogP) is 4.77. The molecule has 0 radical (unpaired) electrons. The van der Waals surface area contributed by atoms with E-state index in [0.29, 0.717) is 5.92 Å². The largest absolute Gasteiger partial charge is 0.677 e. The van der Waals surface area contributed by atoms with Crippen LogP contribution in [0.2, 0.25) is 0 Å². The molecule has 0 spiro atoms. The molecule has 1 aromatic rings. The zero-order valence-electron chi connectivity index (χ0n) is 11.9. The first-order chi connectivity index (χ1) is 8.47. The van der Waals surface area contributed by atoms with Crippen LogP contribution in [0.5, 0.6) is 0 Å². The third-order valence-electron chi connectivity index (χ3n) is 2.08. The number of nitrogens with one attached hydrogen (secondary N) is 1. The summed E-state index contributed by atoms with van der Waals surface area (Å²) in [6.45, 7) is 6.52. The van der Waals surface area contributed by atoms with Crippen molar-refractivity contribution in [2.75, 3.05) is 6.54 Å². The Morgan fingerprint density at radius 1 is 1.32 bits per heavy atom. The molecule has 0 aromatic heterocycles. The van der Waals surface area contributed by atoms with Crippen molar-refractivity contribution >= 4 is 15.6 Å². The van der Waals surface area contributed by atoms with Crippen molar-refractivity contribution in [3.05, 3.63) is 48.6 Å². The summed E-state index contributed by atoms with van der Waals surface area (Å²) in [5.74, 6) is -0.245. The Labute approximate surface area is 131 Å². The van der Waals surface area contributed by atoms with Crippen molar-refractivity contribution in [2.45, 2.75) is 33.1 Å². The summed E-state index contributed by atoms with van der Waals surface area (Å²) in [6, 6.07) is 8.71. The second-order valence-electron chi connectivity index (χ2n) is 3.96. The minimum absolute atomic E-state index is 0. The van der Waals surface area contributed by atoms with Crippen LogP contribution in [0, 0.1) is 14.4 Å². The van der Waals surface area contributed by atoms with Gasteiger partial charge in [-0.3, -0.25) is 4.79 Å². The molecular formula is C14H23ClNO2Os-2. The zero-order valence-corrected chi connectivity index (χ0v) is 15.2. The van der Waals surface area contributed by atoms with Gasteiger partial charge in [-0.15, -0.1) is 6.54 Å². The third kappa shape index (κ3) is 15.5. The van der Waals surface area contributed by atoms with Crippen LogP contribution in [-0.2, 0) is 22.4 Å². The molecule has 0 aliphatic rings. The first-order valence-corrected chi connectivity index (χ1v) is 8.68. The van der Waals surface area contributed by atoms with Gasteiger partial charge >= 0.3 is 33.2 Å². The fraction of sp³-hybridized carbons (Fsp3) is 0.429. The number of aliphatic carboxylic acids is 1. The molecule has 3 nitrogen and oxygen atoms in total. The van der Waals surface area contributed by atoms with Gasteiger partial charge in [-0.1, -0.05) is 43.7 Å². The molecule has 2 N–H and O–H groups in total. The van der Waals surface area contributed by atoms with E-state index in [1.807, 2.05) is 0 Å². The van der Waals surface area contributed by atoms with Crippen molar-refractivity contribution in [2.24, 2.45) is 0 Å². The summed E-state index contributed by atoms with van der Waals surface area (Å²) in [4.78, 5) is 9.48. The molecule has 0 fully saturated rings. The van der Waals surface area contributed by atoms with Crippen molar-refractivity contribution in [1.29, 1.82) is 0 Å². The van der Waals surface area contributed by atoms with Crippen molar-refractivity contribution < 1.29 is 27.5 Å². The Balaban J connectivity index is -0.000000249. The van der Waals surface area contributed by atoms with Gasteiger partial charge in [-0.05, 0) is 18.4 Å². The number of rotatable bonds is 3. The van der Waals surface area contributed by atoms with Crippen molar-refractivity contribution in [3.63, 3.8) is 0 Å². The van der Waals surface area contributed by atoms with Crippen LogP contribution in [0.3, 0.4) is 0 Å². The fourth-order valence-corrected chi connectivity index (χ4v) is 1.06. The van der Waals surface area contributed by atoms with Crippen LogP contribution in [0.25, 0.3) is 5.73 Å². The van der Waals surface area contributed by atoms with Crippen LogP contribution >= 0.6 is 9.64 Å². The summed E-state index contributed by atoms with van der Waals surface area (Å²) in [6.07, 6.45) is -0.0417. The Morgan fingerprint density at radius 3 is 1.95 bits per heavy atom. The van der Waals surface area contributed by atoms with Gasteiger partial charge < -0.3 is 18.3 Å². The van der Waals surface area contributed by atoms with Gasteiger partial charge in [0.05, 0.1) is 0 Å². The van der Waals surface area contributed by atoms with Gasteiger partial charge in [0, 0.05) is 6.42 Å². The van der Waals surface area contributed by atoms with Crippen LogP contribution in [0.1, 0.15) is 37.3 Å². The quantitative estimate of drug-likeness (QED) is 0.658. The average Bonchev–Trinajstić information content (AvgIpc) is 2.32. The van der Waals surface area contributed by atoms with Gasteiger partial charge in [0.1, 0.15) is 0 Å². The smallest absolute Gasteiger partial charge is 0.301 e. The zero-order chi connectivity index (χ0) is 14.6. The summed E-state index contributed by atoms with van der Waals surface area (Å²) in [7, 11) is 4.67. The maximum Gasteiger partial charge on any atom is 0.301 e. The number of carboxylic acid groups (broad SMARTS) is 1. The van der Waals surface area contributed by atoms with E-state index in [4.69, 9.17) is 10.8 Å². The van der Waals surface area contributed by atoms with Gasteiger partial charge in [-0.25, -0.2) is 0 Å². The number of halogens is 1. The number of hydrogen-bond acceptors (Lipinski definition) is 1. The van der Waals surface area contributed by atoms with E-state index < -0.39 is 5.97 Å². The molecule has 1 rings (SSSR count). The molecule has 0 bridgehead atoms. The van der Waals surface area contributed by atoms with E-state index >= 15 is 0 Å². The minimum Gasteiger partial charge on any atom is -0.677 e. The van der Waals surface area contributed by atoms with Gasteiger partial charge in [0.2, 0.25) is 0 Å². The summed E-state index contributed by atoms with van der Waals surface area (Å²) in [5, 5.41) is 7.79. The Hall–Kier alpha value is -0.424. The topological polar surface area (TPSA) is 61.1 Å². The second-order valence-corrected chi connectivity index (χ2v) is 3.96. The molecule has 0 amide bonds. The van der Waals surface area contributed by atoms with E-state index in [-0.39, 0.29) is 20.4 Å². The molecule has 0 saturated heterocycles. The molecule has 0 aliphatic heterocycles. The van der Waals surface area contributed by atoms with E-state index in [1.54, 1.807) is 0 Å². The Morgan fingerprint density at radius 2 is 1.74 bits per heavy atom. The minimum atomic E-state index is -0.898. The Bertz CT molecular complexity index is 316. The number of aryl methyl sites for hydroxylation is 1. The normalized spacial score (nSPS) is 8.37. The standard InChI is InChI=1S/C10H14.C3H6NO2.CH3.ClH.Os/c1-8(2)10-6-4-9(3)5-7-10;4-2-1-3(5)6;;;/h4-8H,1-3H3;4H,1-2H2,(H,5,6);1H3;1H;/q;2*-1;;+1/p-1. The van der Waals surface area contributed by atoms with Gasteiger partial charge in [0.25, 0.3) is 0 Å². The first-order valence-electron chi connectivity index (χ1n) is 5.53. The molecule has 19 heavy (non-hydrogen) atoms. The number of carboxylic acids is 1. The molecule has 113 valence electrons. The fourth-order valence-electron chi connectivity index (χ4n) is 1.06. The maximum atomic E-state index is 9.48. The molecule has 0 aliphatic carbocycles. The molecular weight excluding hydrogens is 440 g/mol. The van der Waals surface area contributed by atoms with E-state index in [9.17, 15) is 4.79 Å². The molecule has 5 heteroatoms. The molecule has 0 heterocycles. The average molecular weight is 463 g/mol. The second kappa shape index (κ2) is 15.6. The van der Waals surface area contributed by atoms with E-state index in [1.165, 1.54) is 28.7 Å². The summed E-state index contributed by atoms with van der Waals surface area (Å²) >= 11 is 1.33. The van der Waals surface area contributed by atoms with Gasteiger partial charge in [-0.2, -0.15) is 0 Å². The van der Waals surface area contributed by atoms with Crippen LogP contribution in [-0.4, -0.2) is 17.6 Å². The molecule has 0 atom stereocenters. The number of benzene rings is 1. The first kappa shape index (κ1) is 23.7. The van der Waals surface area contributed by atoms with Gasteiger partial charge in [0.15, 0.2) is 0 Å². The third-order valence-corrected chi connectivity index (χ3v) is 2.08. The number of hydrogen-bond donors (Lipinski definition) is 1. The number of carbonyl (C=O) groups is 1. The van der Waals surface area contributed by atoms with E-state index in [2.05, 4.69) is 54.7 Å². The Kier molecular flexibility index (Phi) is 19.5. The van der Waals surface area contributed by atoms with Crippen molar-refractivity contribution in [1.82, 2.24) is 0 Å². The molecule has 1 aromatic carbocycles. The molecule has 0 unspecified atom stereocenters. The van der Waals surface area contributed by atoms with Crippen molar-refractivity contribution in [3.8, 4) is 0 Å². The summed E-state index contributed by atoms with van der Waals surface area (Å²) < 4.78 is 0. The monoisotopic (exact) mass is 464 g/mol. The van der Waals surface area contributed by atoms with Crippen LogP contribution < -0.4 is 0 Å². The van der Waals surface area contributed by atoms with E-state index in [0.717, 1.165) is 0 Å². The van der Waals surface area contributed by atoms with Crippen LogP contribution in [0.15, 0.2) is 24.3 Å². The molecule has 0 saturated carbocycles. The maximum absolute atomic E-state index is 9.48.